The second-order valence-electron chi connectivity index (χ2n) is 2.30. The van der Waals surface area contributed by atoms with Gasteiger partial charge in [0.25, 0.3) is 0 Å². The van der Waals surface area contributed by atoms with Crippen molar-refractivity contribution in [1.82, 2.24) is 4.90 Å². The van der Waals surface area contributed by atoms with Crippen LogP contribution < -0.4 is 5.73 Å². The molecule has 0 rings (SSSR count). The molecule has 2 nitrogen and oxygen atoms in total. The minimum atomic E-state index is 0.827. The van der Waals surface area contributed by atoms with Crippen LogP contribution in [0.3, 0.4) is 0 Å². The Morgan fingerprint density at radius 2 is 1.60 bits per heavy atom. The van der Waals surface area contributed by atoms with Crippen LogP contribution >= 0.6 is 0 Å². The zero-order chi connectivity index (χ0) is 8.41. The molecule has 0 saturated carbocycles. The predicted molar refractivity (Wildman–Crippen MR) is 48.2 cm³/mol. The quantitative estimate of drug-likeness (QED) is 0.606. The summed E-state index contributed by atoms with van der Waals surface area (Å²) in [7, 11) is 4.16. The van der Waals surface area contributed by atoms with Gasteiger partial charge in [-0.05, 0) is 40.0 Å². The second-order valence-corrected chi connectivity index (χ2v) is 2.30. The molecule has 0 saturated heterocycles. The van der Waals surface area contributed by atoms with Crippen LogP contribution in [0.1, 0.15) is 26.7 Å². The van der Waals surface area contributed by atoms with Gasteiger partial charge in [0.1, 0.15) is 0 Å². The van der Waals surface area contributed by atoms with Crippen LogP contribution in [0.5, 0.6) is 0 Å². The SMILES string of the molecule is CC.CN(C)CCCCN. The van der Waals surface area contributed by atoms with E-state index in [1.165, 1.54) is 6.42 Å². The molecule has 2 heteroatoms. The number of nitrogens with two attached hydrogens (primary N) is 1. The molecule has 0 radical (unpaired) electrons. The van der Waals surface area contributed by atoms with E-state index in [-0.39, 0.29) is 0 Å². The maximum Gasteiger partial charge on any atom is -0.00244 e. The second kappa shape index (κ2) is 11.7. The van der Waals surface area contributed by atoms with Crippen LogP contribution in [0.15, 0.2) is 0 Å². The van der Waals surface area contributed by atoms with Gasteiger partial charge in [-0.1, -0.05) is 13.8 Å². The summed E-state index contributed by atoms with van der Waals surface area (Å²) in [5.41, 5.74) is 5.30. The van der Waals surface area contributed by atoms with E-state index in [0.717, 1.165) is 19.5 Å². The van der Waals surface area contributed by atoms with Crippen LogP contribution in [0, 0.1) is 0 Å². The summed E-state index contributed by atoms with van der Waals surface area (Å²) in [6.07, 6.45) is 2.38. The molecule has 2 N–H and O–H groups in total. The summed E-state index contributed by atoms with van der Waals surface area (Å²) >= 11 is 0. The fourth-order valence-corrected chi connectivity index (χ4v) is 0.572. The standard InChI is InChI=1S/C6H16N2.C2H6/c1-8(2)6-4-3-5-7;1-2/h3-7H2,1-2H3;1-2H3. The number of hydrogen-bond acceptors (Lipinski definition) is 2. The molecule has 64 valence electrons. The number of hydrogen-bond donors (Lipinski definition) is 1. The normalized spacial score (nSPS) is 9.00. The summed E-state index contributed by atoms with van der Waals surface area (Å²) < 4.78 is 0. The van der Waals surface area contributed by atoms with E-state index in [2.05, 4.69) is 19.0 Å². The van der Waals surface area contributed by atoms with E-state index in [4.69, 9.17) is 5.73 Å². The molecule has 0 amide bonds. The summed E-state index contributed by atoms with van der Waals surface area (Å²) in [5, 5.41) is 0. The monoisotopic (exact) mass is 146 g/mol. The first kappa shape index (κ1) is 12.6. The Morgan fingerprint density at radius 3 is 1.90 bits per heavy atom. The highest BCUT2D eigenvalue weighted by molar-refractivity contribution is 4.44. The largest absolute Gasteiger partial charge is 0.330 e. The van der Waals surface area contributed by atoms with Crippen LogP contribution in [0.4, 0.5) is 0 Å². The molecule has 0 bridgehead atoms. The highest BCUT2D eigenvalue weighted by Gasteiger charge is 1.86. The van der Waals surface area contributed by atoms with Gasteiger partial charge in [-0.15, -0.1) is 0 Å². The van der Waals surface area contributed by atoms with Crippen molar-refractivity contribution in [3.05, 3.63) is 0 Å². The molecule has 0 aromatic rings. The van der Waals surface area contributed by atoms with Gasteiger partial charge in [0, 0.05) is 0 Å². The zero-order valence-corrected chi connectivity index (χ0v) is 7.85. The van der Waals surface area contributed by atoms with Crippen LogP contribution in [0.2, 0.25) is 0 Å². The third-order valence-corrected chi connectivity index (χ3v) is 1.06. The summed E-state index contributed by atoms with van der Waals surface area (Å²) in [6, 6.07) is 0. The van der Waals surface area contributed by atoms with Gasteiger partial charge in [0.05, 0.1) is 0 Å². The first-order chi connectivity index (χ1) is 4.77. The Kier molecular flexibility index (Phi) is 14.7. The first-order valence-corrected chi connectivity index (χ1v) is 4.12. The third kappa shape index (κ3) is 15.7. The molecule has 0 aromatic carbocycles. The molecular weight excluding hydrogens is 124 g/mol. The maximum atomic E-state index is 5.30. The fraction of sp³-hybridized carbons (Fsp3) is 1.00. The van der Waals surface area contributed by atoms with Crippen molar-refractivity contribution in [3.8, 4) is 0 Å². The van der Waals surface area contributed by atoms with E-state index in [0.29, 0.717) is 0 Å². The zero-order valence-electron chi connectivity index (χ0n) is 7.85. The van der Waals surface area contributed by atoms with Gasteiger partial charge in [-0.3, -0.25) is 0 Å². The summed E-state index contributed by atoms with van der Waals surface area (Å²) in [6.45, 7) is 5.99. The summed E-state index contributed by atoms with van der Waals surface area (Å²) in [4.78, 5) is 2.18. The fourth-order valence-electron chi connectivity index (χ4n) is 0.572. The van der Waals surface area contributed by atoms with Gasteiger partial charge in [0.2, 0.25) is 0 Å². The van der Waals surface area contributed by atoms with Crippen molar-refractivity contribution in [2.24, 2.45) is 5.73 Å². The molecule has 0 aliphatic rings. The van der Waals surface area contributed by atoms with Gasteiger partial charge < -0.3 is 10.6 Å². The predicted octanol–water partition coefficient (Wildman–Crippen LogP) is 1.31. The van der Waals surface area contributed by atoms with E-state index in [1.807, 2.05) is 13.8 Å². The Balaban J connectivity index is 0. The van der Waals surface area contributed by atoms with Gasteiger partial charge in [-0.2, -0.15) is 0 Å². The van der Waals surface area contributed by atoms with E-state index < -0.39 is 0 Å². The number of unbranched alkanes of at least 4 members (excludes halogenated alkanes) is 1. The van der Waals surface area contributed by atoms with Crippen LogP contribution in [0.25, 0.3) is 0 Å². The molecule has 0 aromatic heterocycles. The topological polar surface area (TPSA) is 29.3 Å². The minimum absolute atomic E-state index is 0.827. The molecular formula is C8H22N2. The lowest BCUT2D eigenvalue weighted by Gasteiger charge is -2.06. The first-order valence-electron chi connectivity index (χ1n) is 4.12. The third-order valence-electron chi connectivity index (χ3n) is 1.06. The van der Waals surface area contributed by atoms with Crippen molar-refractivity contribution in [2.75, 3.05) is 27.2 Å². The number of rotatable bonds is 4. The molecule has 10 heavy (non-hydrogen) atoms. The Morgan fingerprint density at radius 1 is 1.10 bits per heavy atom. The lowest BCUT2D eigenvalue weighted by Crippen LogP contribution is -2.14. The average molecular weight is 146 g/mol. The van der Waals surface area contributed by atoms with Crippen molar-refractivity contribution in [1.29, 1.82) is 0 Å². The molecule has 0 atom stereocenters. The molecule has 0 spiro atoms. The smallest absolute Gasteiger partial charge is 0.00244 e. The van der Waals surface area contributed by atoms with Crippen molar-refractivity contribution >= 4 is 0 Å². The average Bonchev–Trinajstić information content (AvgIpc) is 1.92. The maximum absolute atomic E-state index is 5.30. The van der Waals surface area contributed by atoms with E-state index in [1.54, 1.807) is 0 Å². The minimum Gasteiger partial charge on any atom is -0.330 e. The molecule has 0 aliphatic carbocycles. The van der Waals surface area contributed by atoms with Gasteiger partial charge >= 0.3 is 0 Å². The van der Waals surface area contributed by atoms with Gasteiger partial charge in [0.15, 0.2) is 0 Å². The Bertz CT molecular complexity index is 44.5. The van der Waals surface area contributed by atoms with E-state index in [9.17, 15) is 0 Å². The lowest BCUT2D eigenvalue weighted by molar-refractivity contribution is 0.396. The van der Waals surface area contributed by atoms with Crippen LogP contribution in [-0.2, 0) is 0 Å². The van der Waals surface area contributed by atoms with Gasteiger partial charge in [-0.25, -0.2) is 0 Å². The summed E-state index contributed by atoms with van der Waals surface area (Å²) in [5.74, 6) is 0. The molecule has 0 fully saturated rings. The lowest BCUT2D eigenvalue weighted by atomic mass is 10.3. The van der Waals surface area contributed by atoms with Crippen molar-refractivity contribution in [3.63, 3.8) is 0 Å². The molecule has 0 heterocycles. The van der Waals surface area contributed by atoms with E-state index >= 15 is 0 Å². The Labute approximate surface area is 65.4 Å². The van der Waals surface area contributed by atoms with Crippen molar-refractivity contribution < 1.29 is 0 Å². The van der Waals surface area contributed by atoms with Crippen molar-refractivity contribution in [2.45, 2.75) is 26.7 Å². The molecule has 0 unspecified atom stereocenters. The highest BCUT2D eigenvalue weighted by Crippen LogP contribution is 1.86. The Hall–Kier alpha value is -0.0800. The van der Waals surface area contributed by atoms with Crippen LogP contribution in [-0.4, -0.2) is 32.1 Å². The molecule has 0 aliphatic heterocycles. The number of nitrogens with zero attached hydrogens (tertiary/aromatic N) is 1. The highest BCUT2D eigenvalue weighted by atomic mass is 15.0.